The summed E-state index contributed by atoms with van der Waals surface area (Å²) in [6, 6.07) is 6.64. The normalized spacial score (nSPS) is 13.8. The van der Waals surface area contributed by atoms with Crippen molar-refractivity contribution in [3.63, 3.8) is 0 Å². The lowest BCUT2D eigenvalue weighted by atomic mass is 10.1. The zero-order valence-corrected chi connectivity index (χ0v) is 23.0. The second-order valence-electron chi connectivity index (χ2n) is 9.45. The Morgan fingerprint density at radius 3 is 2.37 bits per heavy atom. The van der Waals surface area contributed by atoms with Crippen LogP contribution in [0.4, 0.5) is 13.2 Å². The quantitative estimate of drug-likeness (QED) is 0.247. The summed E-state index contributed by atoms with van der Waals surface area (Å²) in [5, 5.41) is 0. The molecular formula is C26H25F3N6O5S. The van der Waals surface area contributed by atoms with Crippen molar-refractivity contribution in [1.29, 1.82) is 0 Å². The van der Waals surface area contributed by atoms with Crippen molar-refractivity contribution < 1.29 is 35.2 Å². The van der Waals surface area contributed by atoms with Gasteiger partial charge < -0.3 is 14.0 Å². The highest BCUT2D eigenvalue weighted by molar-refractivity contribution is 7.85. The van der Waals surface area contributed by atoms with E-state index < -0.39 is 22.0 Å². The highest BCUT2D eigenvalue weighted by Crippen LogP contribution is 2.45. The molecule has 1 aliphatic carbocycles. The molecule has 0 atom stereocenters. The van der Waals surface area contributed by atoms with Crippen LogP contribution in [0.1, 0.15) is 41.3 Å². The molecule has 3 heterocycles. The predicted molar refractivity (Wildman–Crippen MR) is 139 cm³/mol. The first-order valence-corrected chi connectivity index (χ1v) is 14.2. The fourth-order valence-corrected chi connectivity index (χ4v) is 4.43. The van der Waals surface area contributed by atoms with E-state index >= 15 is 0 Å². The lowest BCUT2D eigenvalue weighted by Gasteiger charge is -2.14. The summed E-state index contributed by atoms with van der Waals surface area (Å²) in [5.74, 6) is 1.01. The van der Waals surface area contributed by atoms with Gasteiger partial charge in [0, 0.05) is 30.9 Å². The molecule has 1 fully saturated rings. The standard InChI is InChI=1S/C26H25F3N6O5S/c1-35-11-19(26(27,28)29)33-23(35)17-6-4-15(5-7-17)12-39-24-18(13-40-41(3,36)37)10-30-22(34-24)20-21(16-8-9-16)31-14-32-25(20)38-2/h4-7,10-11,14,16H,8-9,12-13H2,1-3H3. The second-order valence-corrected chi connectivity index (χ2v) is 11.1. The Morgan fingerprint density at radius 2 is 1.76 bits per heavy atom. The molecule has 11 nitrogen and oxygen atoms in total. The van der Waals surface area contributed by atoms with Crippen LogP contribution in [0.5, 0.6) is 11.8 Å². The van der Waals surface area contributed by atoms with E-state index in [4.69, 9.17) is 13.7 Å². The van der Waals surface area contributed by atoms with Crippen LogP contribution in [-0.4, -0.2) is 51.3 Å². The lowest BCUT2D eigenvalue weighted by molar-refractivity contribution is -0.140. The molecule has 15 heteroatoms. The number of alkyl halides is 3. The third kappa shape index (κ3) is 6.62. The SMILES string of the molecule is COc1ncnc(C2CC2)c1-c1ncc(COS(C)(=O)=O)c(OCc2ccc(-c3nc(C(F)(F)F)cn3C)cc2)n1. The van der Waals surface area contributed by atoms with Gasteiger partial charge in [0.05, 0.1) is 31.2 Å². The van der Waals surface area contributed by atoms with Crippen molar-refractivity contribution in [3.8, 4) is 34.5 Å². The molecule has 0 N–H and O–H groups in total. The second kappa shape index (κ2) is 11.0. The number of aryl methyl sites for hydroxylation is 1. The van der Waals surface area contributed by atoms with Crippen LogP contribution in [0.15, 0.2) is 43.0 Å². The zero-order valence-electron chi connectivity index (χ0n) is 22.2. The molecule has 1 aliphatic rings. The molecule has 1 aromatic carbocycles. The van der Waals surface area contributed by atoms with Crippen LogP contribution < -0.4 is 9.47 Å². The van der Waals surface area contributed by atoms with E-state index in [9.17, 15) is 21.6 Å². The van der Waals surface area contributed by atoms with Crippen LogP contribution in [0, 0.1) is 0 Å². The van der Waals surface area contributed by atoms with Gasteiger partial charge in [-0.1, -0.05) is 24.3 Å². The molecule has 0 spiro atoms. The lowest BCUT2D eigenvalue weighted by Crippen LogP contribution is -2.09. The van der Waals surface area contributed by atoms with Gasteiger partial charge in [-0.3, -0.25) is 4.18 Å². The summed E-state index contributed by atoms with van der Waals surface area (Å²) in [5.41, 5.74) is 1.75. The van der Waals surface area contributed by atoms with Gasteiger partial charge in [0.15, 0.2) is 11.5 Å². The van der Waals surface area contributed by atoms with Crippen molar-refractivity contribution >= 4 is 10.1 Å². The number of rotatable bonds is 10. The minimum atomic E-state index is -4.55. The molecule has 4 aromatic rings. The van der Waals surface area contributed by atoms with E-state index in [0.717, 1.165) is 31.0 Å². The van der Waals surface area contributed by atoms with Crippen molar-refractivity contribution in [2.75, 3.05) is 13.4 Å². The Hall–Kier alpha value is -4.11. The van der Waals surface area contributed by atoms with E-state index in [0.29, 0.717) is 22.6 Å². The summed E-state index contributed by atoms with van der Waals surface area (Å²) < 4.78 is 80.1. The molecule has 0 amide bonds. The van der Waals surface area contributed by atoms with E-state index in [1.165, 1.54) is 31.2 Å². The summed E-state index contributed by atoms with van der Waals surface area (Å²) in [7, 11) is -0.793. The Kier molecular flexibility index (Phi) is 7.66. The average Bonchev–Trinajstić information content (AvgIpc) is 3.70. The smallest absolute Gasteiger partial charge is 0.434 e. The number of aromatic nitrogens is 6. The number of hydrogen-bond acceptors (Lipinski definition) is 10. The fraction of sp³-hybridized carbons (Fsp3) is 0.346. The predicted octanol–water partition coefficient (Wildman–Crippen LogP) is 4.29. The van der Waals surface area contributed by atoms with Crippen LogP contribution >= 0.6 is 0 Å². The van der Waals surface area contributed by atoms with Crippen molar-refractivity contribution in [1.82, 2.24) is 29.5 Å². The minimum absolute atomic E-state index is 0.00881. The van der Waals surface area contributed by atoms with Gasteiger partial charge in [-0.05, 0) is 18.4 Å². The maximum absolute atomic E-state index is 13.1. The first kappa shape index (κ1) is 28.4. The largest absolute Gasteiger partial charge is 0.480 e. The maximum Gasteiger partial charge on any atom is 0.434 e. The molecule has 0 aliphatic heterocycles. The third-order valence-corrected chi connectivity index (χ3v) is 6.78. The van der Waals surface area contributed by atoms with Crippen LogP contribution in [0.2, 0.25) is 0 Å². The molecule has 1 saturated carbocycles. The summed E-state index contributed by atoms with van der Waals surface area (Å²) in [6.45, 7) is -0.346. The van der Waals surface area contributed by atoms with Crippen molar-refractivity contribution in [2.24, 2.45) is 7.05 Å². The molecule has 0 unspecified atom stereocenters. The van der Waals surface area contributed by atoms with Gasteiger partial charge in [-0.2, -0.15) is 26.6 Å². The maximum atomic E-state index is 13.1. The molecule has 0 saturated heterocycles. The highest BCUT2D eigenvalue weighted by atomic mass is 32.2. The zero-order chi connectivity index (χ0) is 29.4. The van der Waals surface area contributed by atoms with Crippen molar-refractivity contribution in [2.45, 2.75) is 38.1 Å². The molecule has 41 heavy (non-hydrogen) atoms. The topological polar surface area (TPSA) is 131 Å². The summed E-state index contributed by atoms with van der Waals surface area (Å²) >= 11 is 0. The van der Waals surface area contributed by atoms with Crippen LogP contribution in [0.25, 0.3) is 22.8 Å². The minimum Gasteiger partial charge on any atom is -0.480 e. The first-order chi connectivity index (χ1) is 19.4. The molecule has 0 radical (unpaired) electrons. The number of hydrogen-bond donors (Lipinski definition) is 0. The van der Waals surface area contributed by atoms with Crippen LogP contribution in [0.3, 0.4) is 0 Å². The number of nitrogens with zero attached hydrogens (tertiary/aromatic N) is 6. The number of methoxy groups -OCH3 is 1. The van der Waals surface area contributed by atoms with E-state index in [-0.39, 0.29) is 42.2 Å². The van der Waals surface area contributed by atoms with E-state index in [2.05, 4.69) is 24.9 Å². The summed E-state index contributed by atoms with van der Waals surface area (Å²) in [6.07, 6.45) is 2.06. The number of imidazole rings is 1. The Bertz CT molecular complexity index is 1670. The molecular weight excluding hydrogens is 565 g/mol. The Morgan fingerprint density at radius 1 is 1.02 bits per heavy atom. The monoisotopic (exact) mass is 590 g/mol. The number of ether oxygens (including phenoxy) is 2. The number of halogens is 3. The van der Waals surface area contributed by atoms with Gasteiger partial charge in [-0.25, -0.2) is 19.9 Å². The average molecular weight is 591 g/mol. The summed E-state index contributed by atoms with van der Waals surface area (Å²) in [4.78, 5) is 21.3. The van der Waals surface area contributed by atoms with Crippen molar-refractivity contribution in [3.05, 3.63) is 65.5 Å². The first-order valence-electron chi connectivity index (χ1n) is 12.3. The van der Waals surface area contributed by atoms with Gasteiger partial charge in [0.2, 0.25) is 11.8 Å². The number of benzene rings is 1. The molecule has 0 bridgehead atoms. The van der Waals surface area contributed by atoms with Gasteiger partial charge in [0.25, 0.3) is 10.1 Å². The molecule has 3 aromatic heterocycles. The van der Waals surface area contributed by atoms with Gasteiger partial charge in [0.1, 0.15) is 24.3 Å². The third-order valence-electron chi connectivity index (χ3n) is 6.23. The van der Waals surface area contributed by atoms with Gasteiger partial charge >= 0.3 is 6.18 Å². The molecule has 5 rings (SSSR count). The Balaban J connectivity index is 1.42. The van der Waals surface area contributed by atoms with Gasteiger partial charge in [-0.15, -0.1) is 0 Å². The Labute approximate surface area is 233 Å². The van der Waals surface area contributed by atoms with Crippen LogP contribution in [-0.2, 0) is 40.7 Å². The van der Waals surface area contributed by atoms with E-state index in [1.807, 2.05) is 0 Å². The highest BCUT2D eigenvalue weighted by Gasteiger charge is 2.34. The van der Waals surface area contributed by atoms with E-state index in [1.54, 1.807) is 24.3 Å². The molecule has 216 valence electrons. The fourth-order valence-electron chi connectivity index (χ4n) is 4.09.